The number of hydrogen-bond donors (Lipinski definition) is 1. The summed E-state index contributed by atoms with van der Waals surface area (Å²) in [7, 11) is 1.92. The molecule has 2 rings (SSSR count). The predicted molar refractivity (Wildman–Crippen MR) is 76.7 cm³/mol. The molecule has 116 valence electrons. The summed E-state index contributed by atoms with van der Waals surface area (Å²) in [4.78, 5) is 16.5. The number of ether oxygens (including phenoxy) is 2. The minimum absolute atomic E-state index is 0.129. The third-order valence-electron chi connectivity index (χ3n) is 3.79. The molecule has 1 amide bonds. The molecule has 2 aliphatic rings. The summed E-state index contributed by atoms with van der Waals surface area (Å²) in [6, 6.07) is 0. The summed E-state index contributed by atoms with van der Waals surface area (Å²) in [5.41, 5.74) is 0. The topological polar surface area (TPSA) is 54.0 Å². The first-order chi connectivity index (χ1) is 9.58. The number of nitrogens with one attached hydrogen (secondary N) is 1. The van der Waals surface area contributed by atoms with Crippen LogP contribution < -0.4 is 5.32 Å². The van der Waals surface area contributed by atoms with Crippen molar-refractivity contribution in [3.05, 3.63) is 0 Å². The second kappa shape index (κ2) is 7.36. The summed E-state index contributed by atoms with van der Waals surface area (Å²) in [6.07, 6.45) is 0.443. The number of carbonyl (C=O) groups excluding carboxylic acids is 1. The van der Waals surface area contributed by atoms with Crippen LogP contribution in [0.1, 0.15) is 13.8 Å². The lowest BCUT2D eigenvalue weighted by molar-refractivity contribution is -0.146. The molecule has 6 nitrogen and oxygen atoms in total. The van der Waals surface area contributed by atoms with Crippen molar-refractivity contribution in [3.63, 3.8) is 0 Å². The maximum Gasteiger partial charge on any atom is 0.236 e. The normalized spacial score (nSPS) is 32.4. The van der Waals surface area contributed by atoms with E-state index in [1.54, 1.807) is 0 Å². The molecule has 3 atom stereocenters. The van der Waals surface area contributed by atoms with Crippen molar-refractivity contribution >= 4 is 5.91 Å². The average Bonchev–Trinajstić information content (AvgIpc) is 2.38. The Kier molecular flexibility index (Phi) is 5.77. The van der Waals surface area contributed by atoms with Gasteiger partial charge in [-0.2, -0.15) is 0 Å². The molecule has 0 aromatic rings. The minimum atomic E-state index is 0.129. The molecule has 2 saturated heterocycles. The highest BCUT2D eigenvalue weighted by atomic mass is 16.5. The van der Waals surface area contributed by atoms with Crippen LogP contribution in [0.3, 0.4) is 0 Å². The van der Waals surface area contributed by atoms with E-state index >= 15 is 0 Å². The Labute approximate surface area is 121 Å². The number of rotatable bonds is 4. The van der Waals surface area contributed by atoms with Gasteiger partial charge in [0.2, 0.25) is 5.91 Å². The van der Waals surface area contributed by atoms with E-state index in [9.17, 15) is 4.79 Å². The van der Waals surface area contributed by atoms with E-state index in [1.807, 2.05) is 25.8 Å². The van der Waals surface area contributed by atoms with Crippen molar-refractivity contribution in [2.75, 3.05) is 52.9 Å². The highest BCUT2D eigenvalue weighted by Gasteiger charge is 2.28. The highest BCUT2D eigenvalue weighted by Crippen LogP contribution is 2.12. The number of hydrogen-bond acceptors (Lipinski definition) is 5. The standard InChI is InChI=1S/C14H27N3O3/c1-11-7-17(8-12(2)20-11)14(18)10-16-4-5-19-13(9-16)6-15-3/h11-13,15H,4-10H2,1-3H3. The molecule has 1 N–H and O–H groups in total. The van der Waals surface area contributed by atoms with Crippen LogP contribution in [0.15, 0.2) is 0 Å². The Morgan fingerprint density at radius 3 is 2.60 bits per heavy atom. The zero-order chi connectivity index (χ0) is 14.5. The Balaban J connectivity index is 1.81. The molecule has 6 heteroatoms. The Morgan fingerprint density at radius 1 is 1.25 bits per heavy atom. The summed E-state index contributed by atoms with van der Waals surface area (Å²) >= 11 is 0. The lowest BCUT2D eigenvalue weighted by Crippen LogP contribution is -2.53. The number of carbonyl (C=O) groups is 1. The SMILES string of the molecule is CNCC1CN(CC(=O)N2CC(C)OC(C)C2)CCO1. The maximum atomic E-state index is 12.4. The quantitative estimate of drug-likeness (QED) is 0.758. The fourth-order valence-corrected chi connectivity index (χ4v) is 2.95. The van der Waals surface area contributed by atoms with Gasteiger partial charge in [-0.25, -0.2) is 0 Å². The van der Waals surface area contributed by atoms with Crippen LogP contribution in [0.4, 0.5) is 0 Å². The van der Waals surface area contributed by atoms with Gasteiger partial charge in [-0.15, -0.1) is 0 Å². The van der Waals surface area contributed by atoms with Crippen molar-refractivity contribution in [1.82, 2.24) is 15.1 Å². The Bertz CT molecular complexity index is 315. The molecule has 2 fully saturated rings. The number of amides is 1. The van der Waals surface area contributed by atoms with E-state index in [1.165, 1.54) is 0 Å². The number of likely N-dealkylation sites (N-methyl/N-ethyl adjacent to an activating group) is 1. The van der Waals surface area contributed by atoms with Crippen molar-refractivity contribution in [1.29, 1.82) is 0 Å². The molecule has 3 unspecified atom stereocenters. The molecule has 0 aromatic heterocycles. The lowest BCUT2D eigenvalue weighted by Gasteiger charge is -2.38. The molecular formula is C14H27N3O3. The van der Waals surface area contributed by atoms with Crippen molar-refractivity contribution in [2.45, 2.75) is 32.2 Å². The maximum absolute atomic E-state index is 12.4. The summed E-state index contributed by atoms with van der Waals surface area (Å²) < 4.78 is 11.3. The lowest BCUT2D eigenvalue weighted by atomic mass is 10.2. The molecular weight excluding hydrogens is 258 g/mol. The van der Waals surface area contributed by atoms with E-state index in [0.717, 1.165) is 19.6 Å². The average molecular weight is 285 g/mol. The Hall–Kier alpha value is -0.690. The van der Waals surface area contributed by atoms with Gasteiger partial charge in [-0.3, -0.25) is 9.69 Å². The summed E-state index contributed by atoms with van der Waals surface area (Å²) in [6.45, 7) is 9.13. The molecule has 0 radical (unpaired) electrons. The zero-order valence-electron chi connectivity index (χ0n) is 12.8. The van der Waals surface area contributed by atoms with Crippen LogP contribution >= 0.6 is 0 Å². The predicted octanol–water partition coefficient (Wildman–Crippen LogP) is -0.458. The number of morpholine rings is 2. The molecule has 20 heavy (non-hydrogen) atoms. The van der Waals surface area contributed by atoms with Gasteiger partial charge in [0.1, 0.15) is 0 Å². The number of nitrogens with zero attached hydrogens (tertiary/aromatic N) is 2. The van der Waals surface area contributed by atoms with Crippen molar-refractivity contribution in [2.24, 2.45) is 0 Å². The fraction of sp³-hybridized carbons (Fsp3) is 0.929. The van der Waals surface area contributed by atoms with Gasteiger partial charge in [-0.1, -0.05) is 0 Å². The first-order valence-corrected chi connectivity index (χ1v) is 7.50. The van der Waals surface area contributed by atoms with Crippen LogP contribution in [0.5, 0.6) is 0 Å². The van der Waals surface area contributed by atoms with Gasteiger partial charge in [-0.05, 0) is 20.9 Å². The molecule has 0 bridgehead atoms. The summed E-state index contributed by atoms with van der Waals surface area (Å²) in [5, 5.41) is 3.12. The van der Waals surface area contributed by atoms with Gasteiger partial charge in [0, 0.05) is 32.7 Å². The highest BCUT2D eigenvalue weighted by molar-refractivity contribution is 5.78. The van der Waals surface area contributed by atoms with Crippen LogP contribution in [0.25, 0.3) is 0 Å². The Morgan fingerprint density at radius 2 is 1.95 bits per heavy atom. The molecule has 2 heterocycles. The third-order valence-corrected chi connectivity index (χ3v) is 3.79. The smallest absolute Gasteiger partial charge is 0.236 e. The first-order valence-electron chi connectivity index (χ1n) is 7.50. The molecule has 2 aliphatic heterocycles. The van der Waals surface area contributed by atoms with Crippen LogP contribution in [0.2, 0.25) is 0 Å². The van der Waals surface area contributed by atoms with E-state index < -0.39 is 0 Å². The molecule has 0 spiro atoms. The second-order valence-corrected chi connectivity index (χ2v) is 5.84. The third kappa shape index (κ3) is 4.41. The van der Waals surface area contributed by atoms with Gasteiger partial charge >= 0.3 is 0 Å². The van der Waals surface area contributed by atoms with E-state index in [2.05, 4.69) is 10.2 Å². The van der Waals surface area contributed by atoms with E-state index in [-0.39, 0.29) is 24.2 Å². The van der Waals surface area contributed by atoms with E-state index in [0.29, 0.717) is 26.2 Å². The molecule has 0 saturated carbocycles. The second-order valence-electron chi connectivity index (χ2n) is 5.84. The first kappa shape index (κ1) is 15.7. The fourth-order valence-electron chi connectivity index (χ4n) is 2.95. The van der Waals surface area contributed by atoms with Gasteiger partial charge in [0.05, 0.1) is 31.5 Å². The van der Waals surface area contributed by atoms with Gasteiger partial charge in [0.15, 0.2) is 0 Å². The monoisotopic (exact) mass is 285 g/mol. The van der Waals surface area contributed by atoms with Crippen molar-refractivity contribution in [3.8, 4) is 0 Å². The van der Waals surface area contributed by atoms with E-state index in [4.69, 9.17) is 9.47 Å². The van der Waals surface area contributed by atoms with Crippen LogP contribution in [0, 0.1) is 0 Å². The molecule has 0 aromatic carbocycles. The largest absolute Gasteiger partial charge is 0.374 e. The van der Waals surface area contributed by atoms with Gasteiger partial charge < -0.3 is 19.7 Å². The minimum Gasteiger partial charge on any atom is -0.374 e. The molecule has 0 aliphatic carbocycles. The van der Waals surface area contributed by atoms with Crippen LogP contribution in [-0.2, 0) is 14.3 Å². The summed E-state index contributed by atoms with van der Waals surface area (Å²) in [5.74, 6) is 0.206. The van der Waals surface area contributed by atoms with Gasteiger partial charge in [0.25, 0.3) is 0 Å². The zero-order valence-corrected chi connectivity index (χ0v) is 12.8. The van der Waals surface area contributed by atoms with Crippen molar-refractivity contribution < 1.29 is 14.3 Å². The van der Waals surface area contributed by atoms with Crippen LogP contribution in [-0.4, -0.2) is 86.9 Å².